The molecule has 0 saturated carbocycles. The molecule has 0 N–H and O–H groups in total. The summed E-state index contributed by atoms with van der Waals surface area (Å²) in [5, 5.41) is 10.6. The van der Waals surface area contributed by atoms with Gasteiger partial charge in [-0.05, 0) is 25.5 Å². The molecule has 70 valence electrons. The van der Waals surface area contributed by atoms with Gasteiger partial charge in [-0.1, -0.05) is 0 Å². The summed E-state index contributed by atoms with van der Waals surface area (Å²) in [4.78, 5) is 10.1. The molecule has 1 aromatic carbocycles. The van der Waals surface area contributed by atoms with Crippen molar-refractivity contribution in [3.8, 4) is 5.75 Å². The topological polar surface area (TPSA) is 52.4 Å². The van der Waals surface area contributed by atoms with Crippen molar-refractivity contribution in [1.82, 2.24) is 0 Å². The molecule has 0 aliphatic heterocycles. The molecule has 0 fully saturated rings. The van der Waals surface area contributed by atoms with Crippen molar-refractivity contribution >= 4 is 5.69 Å². The Bertz CT molecular complexity index is 347. The number of hydrogen-bond acceptors (Lipinski definition) is 3. The fraction of sp³-hybridized carbons (Fsp3) is 0.333. The number of nitro groups is 1. The van der Waals surface area contributed by atoms with Gasteiger partial charge in [-0.2, -0.15) is 0 Å². The van der Waals surface area contributed by atoms with Gasteiger partial charge < -0.3 is 4.74 Å². The third kappa shape index (κ3) is 1.77. The van der Waals surface area contributed by atoms with E-state index in [0.29, 0.717) is 11.3 Å². The largest absolute Gasteiger partial charge is 0.496 e. The van der Waals surface area contributed by atoms with E-state index in [1.807, 2.05) is 6.92 Å². The van der Waals surface area contributed by atoms with Gasteiger partial charge in [-0.15, -0.1) is 0 Å². The zero-order valence-electron chi connectivity index (χ0n) is 7.83. The van der Waals surface area contributed by atoms with Crippen LogP contribution < -0.4 is 4.74 Å². The third-order valence-electron chi connectivity index (χ3n) is 1.91. The highest BCUT2D eigenvalue weighted by Crippen LogP contribution is 2.27. The first-order valence-corrected chi connectivity index (χ1v) is 3.86. The van der Waals surface area contributed by atoms with Gasteiger partial charge in [0, 0.05) is 5.56 Å². The van der Waals surface area contributed by atoms with Crippen LogP contribution in [0.5, 0.6) is 5.75 Å². The molecule has 1 rings (SSSR count). The number of methoxy groups -OCH3 is 1. The predicted molar refractivity (Wildman–Crippen MR) is 49.1 cm³/mol. The molecule has 0 unspecified atom stereocenters. The molecule has 0 heterocycles. The molecule has 0 aromatic heterocycles. The molecule has 0 saturated heterocycles. The predicted octanol–water partition coefficient (Wildman–Crippen LogP) is 2.22. The summed E-state index contributed by atoms with van der Waals surface area (Å²) in [7, 11) is 1.50. The standard InChI is InChI=1S/C9H11NO3/c1-6-4-7(2)9(13-3)5-8(6)10(11)12/h4-5H,1-3H3. The lowest BCUT2D eigenvalue weighted by atomic mass is 10.1. The highest BCUT2D eigenvalue weighted by atomic mass is 16.6. The summed E-state index contributed by atoms with van der Waals surface area (Å²) in [6.07, 6.45) is 0. The fourth-order valence-electron chi connectivity index (χ4n) is 1.24. The van der Waals surface area contributed by atoms with Gasteiger partial charge >= 0.3 is 0 Å². The van der Waals surface area contributed by atoms with Gasteiger partial charge in [0.15, 0.2) is 0 Å². The summed E-state index contributed by atoms with van der Waals surface area (Å²) in [6.45, 7) is 3.57. The molecule has 0 atom stereocenters. The van der Waals surface area contributed by atoms with Gasteiger partial charge in [0.05, 0.1) is 18.1 Å². The first kappa shape index (κ1) is 9.51. The second-order valence-electron chi connectivity index (χ2n) is 2.87. The van der Waals surface area contributed by atoms with Crippen LogP contribution in [0.2, 0.25) is 0 Å². The lowest BCUT2D eigenvalue weighted by molar-refractivity contribution is -0.385. The minimum Gasteiger partial charge on any atom is -0.496 e. The summed E-state index contributed by atoms with van der Waals surface area (Å²) in [6, 6.07) is 3.20. The summed E-state index contributed by atoms with van der Waals surface area (Å²) in [5.41, 5.74) is 1.66. The second-order valence-corrected chi connectivity index (χ2v) is 2.87. The number of nitrogens with zero attached hydrogens (tertiary/aromatic N) is 1. The van der Waals surface area contributed by atoms with E-state index < -0.39 is 4.92 Å². The van der Waals surface area contributed by atoms with Crippen molar-refractivity contribution in [2.45, 2.75) is 13.8 Å². The molecular formula is C9H11NO3. The van der Waals surface area contributed by atoms with E-state index in [1.165, 1.54) is 13.2 Å². The number of nitro benzene ring substituents is 1. The highest BCUT2D eigenvalue weighted by molar-refractivity contribution is 5.49. The number of benzene rings is 1. The molecule has 0 aliphatic carbocycles. The summed E-state index contributed by atoms with van der Waals surface area (Å²) in [5.74, 6) is 0.553. The van der Waals surface area contributed by atoms with Crippen LogP contribution in [0.25, 0.3) is 0 Å². The van der Waals surface area contributed by atoms with Crippen LogP contribution in [0.1, 0.15) is 11.1 Å². The molecule has 1 aromatic rings. The van der Waals surface area contributed by atoms with Crippen molar-refractivity contribution < 1.29 is 9.66 Å². The lowest BCUT2D eigenvalue weighted by Gasteiger charge is -2.05. The minimum absolute atomic E-state index is 0.0995. The second kappa shape index (κ2) is 3.43. The average Bonchev–Trinajstić information content (AvgIpc) is 2.03. The van der Waals surface area contributed by atoms with Gasteiger partial charge in [-0.25, -0.2) is 0 Å². The van der Waals surface area contributed by atoms with E-state index >= 15 is 0 Å². The Kier molecular flexibility index (Phi) is 2.51. The zero-order chi connectivity index (χ0) is 10.0. The lowest BCUT2D eigenvalue weighted by Crippen LogP contribution is -1.95. The van der Waals surface area contributed by atoms with Crippen molar-refractivity contribution in [2.24, 2.45) is 0 Å². The number of ether oxygens (including phenoxy) is 1. The van der Waals surface area contributed by atoms with E-state index in [-0.39, 0.29) is 5.69 Å². The number of hydrogen-bond donors (Lipinski definition) is 0. The Morgan fingerprint density at radius 2 is 1.92 bits per heavy atom. The van der Waals surface area contributed by atoms with Crippen LogP contribution in [0.15, 0.2) is 12.1 Å². The van der Waals surface area contributed by atoms with Gasteiger partial charge in [0.25, 0.3) is 5.69 Å². The van der Waals surface area contributed by atoms with E-state index in [4.69, 9.17) is 4.74 Å². The molecule has 13 heavy (non-hydrogen) atoms. The van der Waals surface area contributed by atoms with E-state index in [2.05, 4.69) is 0 Å². The van der Waals surface area contributed by atoms with Gasteiger partial charge in [0.2, 0.25) is 0 Å². The summed E-state index contributed by atoms with van der Waals surface area (Å²) < 4.78 is 4.99. The van der Waals surface area contributed by atoms with Crippen molar-refractivity contribution in [2.75, 3.05) is 7.11 Å². The Hall–Kier alpha value is -1.58. The van der Waals surface area contributed by atoms with E-state index in [1.54, 1.807) is 13.0 Å². The zero-order valence-corrected chi connectivity index (χ0v) is 7.83. The normalized spacial score (nSPS) is 9.77. The van der Waals surface area contributed by atoms with Crippen molar-refractivity contribution in [1.29, 1.82) is 0 Å². The molecule has 0 amide bonds. The van der Waals surface area contributed by atoms with Crippen LogP contribution in [-0.2, 0) is 0 Å². The van der Waals surface area contributed by atoms with Crippen LogP contribution in [-0.4, -0.2) is 12.0 Å². The van der Waals surface area contributed by atoms with Crippen LogP contribution in [0.4, 0.5) is 5.69 Å². The average molecular weight is 181 g/mol. The molecule has 0 bridgehead atoms. The molecule has 0 spiro atoms. The van der Waals surface area contributed by atoms with E-state index in [9.17, 15) is 10.1 Å². The molecule has 0 aliphatic rings. The minimum atomic E-state index is -0.405. The first-order valence-electron chi connectivity index (χ1n) is 3.86. The fourth-order valence-corrected chi connectivity index (χ4v) is 1.24. The quantitative estimate of drug-likeness (QED) is 0.519. The molecular weight excluding hydrogens is 170 g/mol. The maximum atomic E-state index is 10.6. The van der Waals surface area contributed by atoms with Gasteiger partial charge in [-0.3, -0.25) is 10.1 Å². The Morgan fingerprint density at radius 1 is 1.31 bits per heavy atom. The van der Waals surface area contributed by atoms with Crippen LogP contribution in [0, 0.1) is 24.0 Å². The Balaban J connectivity index is 3.30. The number of aryl methyl sites for hydroxylation is 2. The Morgan fingerprint density at radius 3 is 2.38 bits per heavy atom. The monoisotopic (exact) mass is 181 g/mol. The molecule has 4 heteroatoms. The van der Waals surface area contributed by atoms with Crippen molar-refractivity contribution in [3.05, 3.63) is 33.4 Å². The molecule has 0 radical (unpaired) electrons. The summed E-state index contributed by atoms with van der Waals surface area (Å²) >= 11 is 0. The molecule has 4 nitrogen and oxygen atoms in total. The first-order chi connectivity index (χ1) is 6.06. The van der Waals surface area contributed by atoms with E-state index in [0.717, 1.165) is 5.56 Å². The van der Waals surface area contributed by atoms with Crippen LogP contribution >= 0.6 is 0 Å². The number of rotatable bonds is 2. The maximum Gasteiger partial charge on any atom is 0.276 e. The SMILES string of the molecule is COc1cc([N+](=O)[O-])c(C)cc1C. The maximum absolute atomic E-state index is 10.6. The van der Waals surface area contributed by atoms with Gasteiger partial charge in [0.1, 0.15) is 5.75 Å². The smallest absolute Gasteiger partial charge is 0.276 e. The van der Waals surface area contributed by atoms with Crippen molar-refractivity contribution in [3.63, 3.8) is 0 Å². The highest BCUT2D eigenvalue weighted by Gasteiger charge is 2.13. The third-order valence-corrected chi connectivity index (χ3v) is 1.91. The van der Waals surface area contributed by atoms with Crippen LogP contribution in [0.3, 0.4) is 0 Å². The Labute approximate surface area is 76.3 Å².